The summed E-state index contributed by atoms with van der Waals surface area (Å²) in [6.45, 7) is 5.18. The van der Waals surface area contributed by atoms with Gasteiger partial charge in [-0.25, -0.2) is 0 Å². The van der Waals surface area contributed by atoms with Crippen molar-refractivity contribution < 1.29 is 9.84 Å². The molecule has 17 heavy (non-hydrogen) atoms. The number of ether oxygens (including phenoxy) is 1. The fourth-order valence-electron chi connectivity index (χ4n) is 2.16. The lowest BCUT2D eigenvalue weighted by molar-refractivity contribution is 0.0353. The third kappa shape index (κ3) is 3.43. The Morgan fingerprint density at radius 3 is 2.47 bits per heavy atom. The first-order valence-electron chi connectivity index (χ1n) is 6.08. The zero-order valence-electron chi connectivity index (χ0n) is 10.0. The number of aromatic hydroxyl groups is 1. The highest BCUT2D eigenvalue weighted by Gasteiger charge is 2.17. The van der Waals surface area contributed by atoms with Crippen LogP contribution in [0.3, 0.4) is 0 Å². The third-order valence-electron chi connectivity index (χ3n) is 3.23. The van der Waals surface area contributed by atoms with E-state index < -0.39 is 0 Å². The summed E-state index contributed by atoms with van der Waals surface area (Å²) in [7, 11) is 0. The highest BCUT2D eigenvalue weighted by atomic mass is 16.5. The first-order valence-corrected chi connectivity index (χ1v) is 6.08. The second-order valence-corrected chi connectivity index (χ2v) is 4.44. The summed E-state index contributed by atoms with van der Waals surface area (Å²) in [6.07, 6.45) is 0. The molecule has 0 amide bonds. The minimum Gasteiger partial charge on any atom is -0.508 e. The molecular formula is C13H20N2O2. The van der Waals surface area contributed by atoms with Crippen LogP contribution in [0.2, 0.25) is 0 Å². The molecule has 2 rings (SSSR count). The Bertz CT molecular complexity index is 334. The molecule has 1 saturated heterocycles. The number of morpholine rings is 1. The minimum absolute atomic E-state index is 0.302. The van der Waals surface area contributed by atoms with Crippen molar-refractivity contribution in [2.45, 2.75) is 5.92 Å². The molecule has 0 radical (unpaired) electrons. The van der Waals surface area contributed by atoms with Gasteiger partial charge in [0, 0.05) is 32.1 Å². The molecule has 4 nitrogen and oxygen atoms in total. The average Bonchev–Trinajstić information content (AvgIpc) is 2.38. The van der Waals surface area contributed by atoms with Crippen LogP contribution in [0, 0.1) is 0 Å². The Labute approximate surface area is 102 Å². The highest BCUT2D eigenvalue weighted by molar-refractivity contribution is 5.28. The quantitative estimate of drug-likeness (QED) is 0.810. The number of nitrogens with zero attached hydrogens (tertiary/aromatic N) is 1. The lowest BCUT2D eigenvalue weighted by Gasteiger charge is -2.30. The number of rotatable bonds is 4. The Morgan fingerprint density at radius 2 is 1.88 bits per heavy atom. The fraction of sp³-hybridized carbons (Fsp3) is 0.538. The van der Waals surface area contributed by atoms with Gasteiger partial charge in [0.1, 0.15) is 5.75 Å². The lowest BCUT2D eigenvalue weighted by atomic mass is 9.98. The van der Waals surface area contributed by atoms with Crippen molar-refractivity contribution in [2.75, 3.05) is 39.4 Å². The van der Waals surface area contributed by atoms with Crippen LogP contribution in [0.4, 0.5) is 0 Å². The second kappa shape index (κ2) is 6.00. The summed E-state index contributed by atoms with van der Waals surface area (Å²) in [4.78, 5) is 2.38. The fourth-order valence-corrected chi connectivity index (χ4v) is 2.16. The second-order valence-electron chi connectivity index (χ2n) is 4.44. The van der Waals surface area contributed by atoms with E-state index in [1.807, 2.05) is 12.1 Å². The SMILES string of the molecule is NCC(CN1CCOCC1)c1ccc(O)cc1. The molecule has 1 aliphatic heterocycles. The Morgan fingerprint density at radius 1 is 1.24 bits per heavy atom. The molecular weight excluding hydrogens is 216 g/mol. The number of benzene rings is 1. The Kier molecular flexibility index (Phi) is 4.36. The number of phenolic OH excluding ortho intramolecular Hbond substituents is 1. The van der Waals surface area contributed by atoms with E-state index in [1.165, 1.54) is 5.56 Å². The van der Waals surface area contributed by atoms with Crippen molar-refractivity contribution in [1.29, 1.82) is 0 Å². The Balaban J connectivity index is 1.97. The summed E-state index contributed by atoms with van der Waals surface area (Å²) in [5.41, 5.74) is 7.03. The topological polar surface area (TPSA) is 58.7 Å². The Hall–Kier alpha value is -1.10. The van der Waals surface area contributed by atoms with Crippen molar-refractivity contribution in [3.05, 3.63) is 29.8 Å². The molecule has 1 aromatic rings. The number of nitrogens with two attached hydrogens (primary N) is 1. The maximum absolute atomic E-state index is 9.27. The number of phenols is 1. The van der Waals surface area contributed by atoms with Gasteiger partial charge in [0.2, 0.25) is 0 Å². The number of hydrogen-bond acceptors (Lipinski definition) is 4. The van der Waals surface area contributed by atoms with Crippen LogP contribution in [0.5, 0.6) is 5.75 Å². The molecule has 1 atom stereocenters. The van der Waals surface area contributed by atoms with E-state index in [1.54, 1.807) is 12.1 Å². The molecule has 0 spiro atoms. The largest absolute Gasteiger partial charge is 0.508 e. The summed E-state index contributed by atoms with van der Waals surface area (Å²) in [6, 6.07) is 7.34. The third-order valence-corrected chi connectivity index (χ3v) is 3.23. The van der Waals surface area contributed by atoms with Gasteiger partial charge in [0.05, 0.1) is 13.2 Å². The minimum atomic E-state index is 0.302. The van der Waals surface area contributed by atoms with Gasteiger partial charge in [-0.2, -0.15) is 0 Å². The predicted molar refractivity (Wildman–Crippen MR) is 67.2 cm³/mol. The van der Waals surface area contributed by atoms with Gasteiger partial charge in [0.15, 0.2) is 0 Å². The first kappa shape index (κ1) is 12.4. The van der Waals surface area contributed by atoms with Gasteiger partial charge in [-0.3, -0.25) is 4.90 Å². The molecule has 3 N–H and O–H groups in total. The molecule has 4 heteroatoms. The van der Waals surface area contributed by atoms with E-state index in [0.29, 0.717) is 18.2 Å². The van der Waals surface area contributed by atoms with Crippen molar-refractivity contribution >= 4 is 0 Å². The number of hydrogen-bond donors (Lipinski definition) is 2. The summed E-state index contributed by atoms with van der Waals surface area (Å²) in [5.74, 6) is 0.629. The van der Waals surface area contributed by atoms with Crippen LogP contribution in [-0.4, -0.2) is 49.4 Å². The summed E-state index contributed by atoms with van der Waals surface area (Å²) in [5, 5.41) is 9.27. The van der Waals surface area contributed by atoms with Crippen LogP contribution < -0.4 is 5.73 Å². The average molecular weight is 236 g/mol. The van der Waals surface area contributed by atoms with Gasteiger partial charge >= 0.3 is 0 Å². The predicted octanol–water partition coefficient (Wildman–Crippen LogP) is 0.767. The zero-order valence-corrected chi connectivity index (χ0v) is 10.0. The van der Waals surface area contributed by atoms with Crippen molar-refractivity contribution in [3.63, 3.8) is 0 Å². The van der Waals surface area contributed by atoms with E-state index in [2.05, 4.69) is 4.90 Å². The molecule has 1 fully saturated rings. The van der Waals surface area contributed by atoms with E-state index in [-0.39, 0.29) is 0 Å². The molecule has 0 aromatic heterocycles. The van der Waals surface area contributed by atoms with Gasteiger partial charge in [-0.1, -0.05) is 12.1 Å². The van der Waals surface area contributed by atoms with Crippen LogP contribution >= 0.6 is 0 Å². The lowest BCUT2D eigenvalue weighted by Crippen LogP contribution is -2.40. The van der Waals surface area contributed by atoms with Crippen LogP contribution in [0.25, 0.3) is 0 Å². The first-order chi connectivity index (χ1) is 8.29. The maximum atomic E-state index is 9.27. The molecule has 0 saturated carbocycles. The molecule has 1 heterocycles. The van der Waals surface area contributed by atoms with Gasteiger partial charge in [-0.15, -0.1) is 0 Å². The van der Waals surface area contributed by atoms with Crippen LogP contribution in [-0.2, 0) is 4.74 Å². The standard InChI is InChI=1S/C13H20N2O2/c14-9-12(10-15-5-7-17-8-6-15)11-1-3-13(16)4-2-11/h1-4,12,16H,5-10,14H2. The van der Waals surface area contributed by atoms with E-state index in [9.17, 15) is 5.11 Å². The molecule has 0 aliphatic carbocycles. The van der Waals surface area contributed by atoms with E-state index >= 15 is 0 Å². The molecule has 1 unspecified atom stereocenters. The van der Waals surface area contributed by atoms with Gasteiger partial charge in [0.25, 0.3) is 0 Å². The van der Waals surface area contributed by atoms with Crippen molar-refractivity contribution in [2.24, 2.45) is 5.73 Å². The molecule has 1 aromatic carbocycles. The smallest absolute Gasteiger partial charge is 0.115 e. The van der Waals surface area contributed by atoms with E-state index in [0.717, 1.165) is 32.8 Å². The van der Waals surface area contributed by atoms with Crippen molar-refractivity contribution in [1.82, 2.24) is 4.90 Å². The molecule has 1 aliphatic rings. The molecule has 0 bridgehead atoms. The van der Waals surface area contributed by atoms with Gasteiger partial charge < -0.3 is 15.6 Å². The van der Waals surface area contributed by atoms with Gasteiger partial charge in [-0.05, 0) is 17.7 Å². The van der Waals surface area contributed by atoms with E-state index in [4.69, 9.17) is 10.5 Å². The normalized spacial score (nSPS) is 19.1. The monoisotopic (exact) mass is 236 g/mol. The van der Waals surface area contributed by atoms with Crippen molar-refractivity contribution in [3.8, 4) is 5.75 Å². The summed E-state index contributed by atoms with van der Waals surface area (Å²) < 4.78 is 5.33. The van der Waals surface area contributed by atoms with Crippen LogP contribution in [0.15, 0.2) is 24.3 Å². The highest BCUT2D eigenvalue weighted by Crippen LogP contribution is 2.19. The maximum Gasteiger partial charge on any atom is 0.115 e. The summed E-state index contributed by atoms with van der Waals surface area (Å²) >= 11 is 0. The van der Waals surface area contributed by atoms with Crippen LogP contribution in [0.1, 0.15) is 11.5 Å². The molecule has 94 valence electrons. The zero-order chi connectivity index (χ0) is 12.1.